The number of para-hydroxylation sites is 1. The molecule has 0 aliphatic rings. The highest BCUT2D eigenvalue weighted by Gasteiger charge is 2.21. The minimum Gasteiger partial charge on any atom is -0.493 e. The van der Waals surface area contributed by atoms with E-state index >= 15 is 0 Å². The van der Waals surface area contributed by atoms with Crippen LogP contribution in [-0.4, -0.2) is 35.4 Å². The standard InChI is InChI=1S/C21H21N3O4/c1-14-9-10-15(2)17(11-14)22-19(25)13-28-21(26)20-18(27-3)12-24(23-20)16-7-5-4-6-8-16/h4-12H,13H2,1-3H3,(H,22,25). The van der Waals surface area contributed by atoms with Gasteiger partial charge in [-0.25, -0.2) is 9.48 Å². The molecule has 1 N–H and O–H groups in total. The second-order valence-corrected chi connectivity index (χ2v) is 6.27. The number of nitrogens with zero attached hydrogens (tertiary/aromatic N) is 2. The molecule has 3 rings (SSSR count). The normalized spacial score (nSPS) is 10.4. The summed E-state index contributed by atoms with van der Waals surface area (Å²) in [6.45, 7) is 3.40. The Hall–Kier alpha value is -3.61. The molecule has 0 saturated carbocycles. The van der Waals surface area contributed by atoms with Gasteiger partial charge in [-0.1, -0.05) is 30.3 Å². The maximum atomic E-state index is 12.4. The zero-order valence-electron chi connectivity index (χ0n) is 15.9. The first-order valence-electron chi connectivity index (χ1n) is 8.71. The number of carbonyl (C=O) groups is 2. The molecule has 1 aromatic heterocycles. The Morgan fingerprint density at radius 1 is 1.11 bits per heavy atom. The molecule has 0 aliphatic carbocycles. The Morgan fingerprint density at radius 3 is 2.57 bits per heavy atom. The summed E-state index contributed by atoms with van der Waals surface area (Å²) in [5.41, 5.74) is 3.41. The van der Waals surface area contributed by atoms with Crippen LogP contribution in [0.2, 0.25) is 0 Å². The van der Waals surface area contributed by atoms with Crippen LogP contribution < -0.4 is 10.1 Å². The molecule has 0 saturated heterocycles. The second-order valence-electron chi connectivity index (χ2n) is 6.27. The zero-order valence-corrected chi connectivity index (χ0v) is 15.9. The van der Waals surface area contributed by atoms with Crippen molar-refractivity contribution in [2.24, 2.45) is 0 Å². The SMILES string of the molecule is COc1cn(-c2ccccc2)nc1C(=O)OCC(=O)Nc1cc(C)ccc1C. The fourth-order valence-corrected chi connectivity index (χ4v) is 2.62. The first kappa shape index (κ1) is 19.2. The van der Waals surface area contributed by atoms with E-state index in [9.17, 15) is 9.59 Å². The lowest BCUT2D eigenvalue weighted by molar-refractivity contribution is -0.119. The second kappa shape index (κ2) is 8.39. The van der Waals surface area contributed by atoms with Crippen molar-refractivity contribution in [3.63, 3.8) is 0 Å². The molecule has 1 amide bonds. The van der Waals surface area contributed by atoms with Crippen molar-refractivity contribution in [3.8, 4) is 11.4 Å². The van der Waals surface area contributed by atoms with Gasteiger partial charge in [-0.15, -0.1) is 0 Å². The van der Waals surface area contributed by atoms with Crippen molar-refractivity contribution < 1.29 is 19.1 Å². The number of carbonyl (C=O) groups excluding carboxylic acids is 2. The molecule has 1 heterocycles. The summed E-state index contributed by atoms with van der Waals surface area (Å²) in [5, 5.41) is 6.97. The van der Waals surface area contributed by atoms with Gasteiger partial charge in [-0.2, -0.15) is 5.10 Å². The van der Waals surface area contributed by atoms with E-state index in [4.69, 9.17) is 9.47 Å². The number of aryl methyl sites for hydroxylation is 2. The number of methoxy groups -OCH3 is 1. The van der Waals surface area contributed by atoms with Crippen LogP contribution in [0.3, 0.4) is 0 Å². The first-order valence-corrected chi connectivity index (χ1v) is 8.71. The number of amides is 1. The molecule has 0 unspecified atom stereocenters. The molecule has 7 nitrogen and oxygen atoms in total. The number of rotatable bonds is 6. The van der Waals surface area contributed by atoms with Crippen LogP contribution in [0, 0.1) is 13.8 Å². The van der Waals surface area contributed by atoms with Gasteiger partial charge in [0.15, 0.2) is 12.4 Å². The van der Waals surface area contributed by atoms with Crippen LogP contribution in [0.1, 0.15) is 21.6 Å². The van der Waals surface area contributed by atoms with Crippen LogP contribution in [-0.2, 0) is 9.53 Å². The monoisotopic (exact) mass is 379 g/mol. The fraction of sp³-hybridized carbons (Fsp3) is 0.190. The molecule has 0 bridgehead atoms. The average Bonchev–Trinajstić information content (AvgIpc) is 3.14. The lowest BCUT2D eigenvalue weighted by atomic mass is 10.1. The topological polar surface area (TPSA) is 82.5 Å². The van der Waals surface area contributed by atoms with E-state index in [0.717, 1.165) is 16.8 Å². The van der Waals surface area contributed by atoms with E-state index in [0.29, 0.717) is 5.69 Å². The van der Waals surface area contributed by atoms with Gasteiger partial charge in [-0.05, 0) is 43.2 Å². The Morgan fingerprint density at radius 2 is 1.86 bits per heavy atom. The van der Waals surface area contributed by atoms with Gasteiger partial charge in [0.25, 0.3) is 5.91 Å². The predicted octanol–water partition coefficient (Wildman–Crippen LogP) is 3.29. The van der Waals surface area contributed by atoms with Crippen LogP contribution in [0.25, 0.3) is 5.69 Å². The zero-order chi connectivity index (χ0) is 20.1. The third-order valence-electron chi connectivity index (χ3n) is 4.12. The van der Waals surface area contributed by atoms with E-state index in [1.807, 2.05) is 62.4 Å². The Balaban J connectivity index is 1.67. The van der Waals surface area contributed by atoms with Gasteiger partial charge in [0.2, 0.25) is 5.69 Å². The number of hydrogen-bond donors (Lipinski definition) is 1. The molecular weight excluding hydrogens is 358 g/mol. The molecule has 2 aromatic carbocycles. The highest BCUT2D eigenvalue weighted by molar-refractivity contribution is 5.96. The fourth-order valence-electron chi connectivity index (χ4n) is 2.62. The van der Waals surface area contributed by atoms with Crippen molar-refractivity contribution in [1.29, 1.82) is 0 Å². The summed E-state index contributed by atoms with van der Waals surface area (Å²) < 4.78 is 11.9. The molecule has 0 atom stereocenters. The summed E-state index contributed by atoms with van der Waals surface area (Å²) in [6, 6.07) is 15.0. The number of anilines is 1. The van der Waals surface area contributed by atoms with Gasteiger partial charge in [0, 0.05) is 5.69 Å². The van der Waals surface area contributed by atoms with E-state index in [-0.39, 0.29) is 11.4 Å². The van der Waals surface area contributed by atoms with Crippen LogP contribution in [0.4, 0.5) is 5.69 Å². The predicted molar refractivity (Wildman–Crippen MR) is 105 cm³/mol. The molecule has 28 heavy (non-hydrogen) atoms. The van der Waals surface area contributed by atoms with Crippen LogP contribution in [0.5, 0.6) is 5.75 Å². The Kier molecular flexibility index (Phi) is 5.74. The highest BCUT2D eigenvalue weighted by atomic mass is 16.5. The van der Waals surface area contributed by atoms with Gasteiger partial charge < -0.3 is 14.8 Å². The summed E-state index contributed by atoms with van der Waals surface area (Å²) in [6.07, 6.45) is 1.59. The average molecular weight is 379 g/mol. The van der Waals surface area contributed by atoms with E-state index in [1.165, 1.54) is 11.8 Å². The molecule has 3 aromatic rings. The molecule has 0 radical (unpaired) electrons. The minimum atomic E-state index is -0.734. The van der Waals surface area contributed by atoms with Gasteiger partial charge >= 0.3 is 5.97 Å². The van der Waals surface area contributed by atoms with E-state index in [1.54, 1.807) is 6.20 Å². The van der Waals surface area contributed by atoms with E-state index in [2.05, 4.69) is 10.4 Å². The maximum absolute atomic E-state index is 12.4. The van der Waals surface area contributed by atoms with Gasteiger partial charge in [0.05, 0.1) is 19.0 Å². The Bertz CT molecular complexity index is 996. The minimum absolute atomic E-state index is 0.00545. The summed E-state index contributed by atoms with van der Waals surface area (Å²) >= 11 is 0. The number of ether oxygens (including phenoxy) is 2. The highest BCUT2D eigenvalue weighted by Crippen LogP contribution is 2.20. The third-order valence-corrected chi connectivity index (χ3v) is 4.12. The van der Waals surface area contributed by atoms with Crippen molar-refractivity contribution in [2.45, 2.75) is 13.8 Å². The number of benzene rings is 2. The lowest BCUT2D eigenvalue weighted by Gasteiger charge is -2.09. The van der Waals surface area contributed by atoms with Crippen molar-refractivity contribution in [3.05, 3.63) is 71.5 Å². The van der Waals surface area contributed by atoms with Crippen molar-refractivity contribution in [2.75, 3.05) is 19.0 Å². The van der Waals surface area contributed by atoms with E-state index < -0.39 is 18.5 Å². The number of aromatic nitrogens is 2. The molecule has 7 heteroatoms. The number of nitrogens with one attached hydrogen (secondary N) is 1. The van der Waals surface area contributed by atoms with Gasteiger partial charge in [0.1, 0.15) is 0 Å². The largest absolute Gasteiger partial charge is 0.493 e. The first-order chi connectivity index (χ1) is 13.5. The van der Waals surface area contributed by atoms with Crippen LogP contribution in [0.15, 0.2) is 54.7 Å². The summed E-state index contributed by atoms with van der Waals surface area (Å²) in [5.74, 6) is -0.894. The quantitative estimate of drug-likeness (QED) is 0.665. The number of esters is 1. The van der Waals surface area contributed by atoms with Crippen LogP contribution >= 0.6 is 0 Å². The summed E-state index contributed by atoms with van der Waals surface area (Å²) in [7, 11) is 1.44. The molecule has 0 aliphatic heterocycles. The van der Waals surface area contributed by atoms with Crippen molar-refractivity contribution >= 4 is 17.6 Å². The molecule has 144 valence electrons. The summed E-state index contributed by atoms with van der Waals surface area (Å²) in [4.78, 5) is 24.5. The number of hydrogen-bond acceptors (Lipinski definition) is 5. The Labute approximate surface area is 162 Å². The van der Waals surface area contributed by atoms with Crippen molar-refractivity contribution in [1.82, 2.24) is 9.78 Å². The molecule has 0 fully saturated rings. The molecule has 0 spiro atoms. The van der Waals surface area contributed by atoms with Gasteiger partial charge in [-0.3, -0.25) is 4.79 Å². The lowest BCUT2D eigenvalue weighted by Crippen LogP contribution is -2.21. The molecular formula is C21H21N3O4. The third kappa shape index (κ3) is 4.37. The maximum Gasteiger partial charge on any atom is 0.363 e. The smallest absolute Gasteiger partial charge is 0.363 e.